The molecule has 0 amide bonds. The SMILES string of the molecule is CCOC(=O)c1cc2c(C3(C(F)(F)F)N=N3)cc(OC)cc2oc1=O. The maximum atomic E-state index is 13.4. The van der Waals surface area contributed by atoms with Crippen LogP contribution < -0.4 is 10.4 Å². The number of benzene rings is 1. The quantitative estimate of drug-likeness (QED) is 0.620. The van der Waals surface area contributed by atoms with Crippen molar-refractivity contribution >= 4 is 16.9 Å². The molecule has 1 aliphatic rings. The van der Waals surface area contributed by atoms with Crippen LogP contribution in [-0.2, 0) is 10.4 Å². The number of hydrogen-bond donors (Lipinski definition) is 0. The molecule has 0 radical (unpaired) electrons. The second kappa shape index (κ2) is 5.57. The van der Waals surface area contributed by atoms with E-state index in [2.05, 4.69) is 10.2 Å². The maximum Gasteiger partial charge on any atom is 0.442 e. The third kappa shape index (κ3) is 2.63. The predicted octanol–water partition coefficient (Wildman–Crippen LogP) is 3.16. The molecule has 7 nitrogen and oxygen atoms in total. The minimum atomic E-state index is -4.80. The molecule has 0 saturated heterocycles. The lowest BCUT2D eigenvalue weighted by Gasteiger charge is -2.17. The molecule has 0 bridgehead atoms. The van der Waals surface area contributed by atoms with Crippen LogP contribution >= 0.6 is 0 Å². The van der Waals surface area contributed by atoms with E-state index < -0.39 is 34.6 Å². The van der Waals surface area contributed by atoms with E-state index in [1.165, 1.54) is 20.1 Å². The Bertz CT molecular complexity index is 943. The van der Waals surface area contributed by atoms with E-state index in [0.29, 0.717) is 0 Å². The van der Waals surface area contributed by atoms with Crippen LogP contribution in [0.3, 0.4) is 0 Å². The lowest BCUT2D eigenvalue weighted by molar-refractivity contribution is -0.165. The zero-order valence-electron chi connectivity index (χ0n) is 13.0. The Balaban J connectivity index is 2.30. The molecule has 25 heavy (non-hydrogen) atoms. The first-order valence-corrected chi connectivity index (χ1v) is 7.07. The summed E-state index contributed by atoms with van der Waals surface area (Å²) in [6.07, 6.45) is -4.80. The molecule has 0 unspecified atom stereocenters. The summed E-state index contributed by atoms with van der Waals surface area (Å²) in [5, 5.41) is 6.15. The van der Waals surface area contributed by atoms with E-state index in [0.717, 1.165) is 12.1 Å². The number of halogens is 3. The number of esters is 1. The van der Waals surface area contributed by atoms with Crippen LogP contribution in [0.15, 0.2) is 37.6 Å². The molecule has 0 saturated carbocycles. The molecular formula is C15H11F3N2O5. The fraction of sp³-hybridized carbons (Fsp3) is 0.333. The number of carbonyl (C=O) groups excluding carboxylic acids is 1. The fourth-order valence-corrected chi connectivity index (χ4v) is 2.37. The molecule has 0 N–H and O–H groups in total. The van der Waals surface area contributed by atoms with E-state index in [1.807, 2.05) is 0 Å². The van der Waals surface area contributed by atoms with Gasteiger partial charge < -0.3 is 13.9 Å². The summed E-state index contributed by atoms with van der Waals surface area (Å²) in [4.78, 5) is 23.8. The average molecular weight is 356 g/mol. The van der Waals surface area contributed by atoms with Gasteiger partial charge in [0.2, 0.25) is 0 Å². The van der Waals surface area contributed by atoms with Crippen molar-refractivity contribution in [2.75, 3.05) is 13.7 Å². The number of ether oxygens (including phenoxy) is 2. The van der Waals surface area contributed by atoms with Crippen LogP contribution in [0.2, 0.25) is 0 Å². The van der Waals surface area contributed by atoms with Crippen LogP contribution in [0, 0.1) is 0 Å². The lowest BCUT2D eigenvalue weighted by Crippen LogP contribution is -2.30. The minimum Gasteiger partial charge on any atom is -0.497 e. The van der Waals surface area contributed by atoms with Crippen molar-refractivity contribution in [1.82, 2.24) is 0 Å². The molecule has 10 heteroatoms. The van der Waals surface area contributed by atoms with E-state index in [9.17, 15) is 22.8 Å². The lowest BCUT2D eigenvalue weighted by atomic mass is 9.97. The number of fused-ring (bicyclic) bond motifs is 1. The van der Waals surface area contributed by atoms with Crippen LogP contribution in [0.25, 0.3) is 11.0 Å². The topological polar surface area (TPSA) is 90.5 Å². The van der Waals surface area contributed by atoms with E-state index in [-0.39, 0.29) is 23.3 Å². The molecule has 0 aliphatic carbocycles. The van der Waals surface area contributed by atoms with Crippen molar-refractivity contribution in [3.63, 3.8) is 0 Å². The highest BCUT2D eigenvalue weighted by atomic mass is 19.4. The van der Waals surface area contributed by atoms with Crippen LogP contribution in [0.1, 0.15) is 22.8 Å². The molecular weight excluding hydrogens is 345 g/mol. The van der Waals surface area contributed by atoms with Crippen molar-refractivity contribution in [1.29, 1.82) is 0 Å². The standard InChI is InChI=1S/C15H11F3N2O5/c1-3-24-12(21)9-6-8-10(14(19-20-14)15(16,17)18)4-7(23-2)5-11(8)25-13(9)22/h4-6H,3H2,1-2H3. The Hall–Kier alpha value is -2.91. The van der Waals surface area contributed by atoms with E-state index in [1.54, 1.807) is 0 Å². The third-order valence-electron chi connectivity index (χ3n) is 3.63. The van der Waals surface area contributed by atoms with Gasteiger partial charge in [-0.3, -0.25) is 0 Å². The fourth-order valence-electron chi connectivity index (χ4n) is 2.37. The van der Waals surface area contributed by atoms with Crippen molar-refractivity contribution in [3.05, 3.63) is 39.7 Å². The van der Waals surface area contributed by atoms with Gasteiger partial charge in [-0.1, -0.05) is 0 Å². The van der Waals surface area contributed by atoms with Gasteiger partial charge in [0.15, 0.2) is 0 Å². The number of hydrogen-bond acceptors (Lipinski definition) is 7. The van der Waals surface area contributed by atoms with Crippen molar-refractivity contribution in [2.45, 2.75) is 18.8 Å². The summed E-state index contributed by atoms with van der Waals surface area (Å²) < 4.78 is 54.8. The molecule has 1 aromatic heterocycles. The summed E-state index contributed by atoms with van der Waals surface area (Å²) in [7, 11) is 1.25. The summed E-state index contributed by atoms with van der Waals surface area (Å²) in [5.74, 6) is -0.971. The highest BCUT2D eigenvalue weighted by Gasteiger charge is 2.66. The normalized spacial score (nSPS) is 15.2. The Kier molecular flexibility index (Phi) is 3.77. The predicted molar refractivity (Wildman–Crippen MR) is 77.6 cm³/mol. The Labute approximate surface area is 138 Å². The molecule has 0 fully saturated rings. The summed E-state index contributed by atoms with van der Waals surface area (Å²) in [6, 6.07) is 3.32. The van der Waals surface area contributed by atoms with E-state index >= 15 is 0 Å². The molecule has 1 aliphatic heterocycles. The number of carbonyl (C=O) groups is 1. The van der Waals surface area contributed by atoms with Crippen LogP contribution in [-0.4, -0.2) is 25.9 Å². The number of alkyl halides is 3. The molecule has 3 rings (SSSR count). The third-order valence-corrected chi connectivity index (χ3v) is 3.63. The van der Waals surface area contributed by atoms with Gasteiger partial charge in [0.05, 0.1) is 13.7 Å². The number of rotatable bonds is 4. The number of nitrogens with zero attached hydrogens (tertiary/aromatic N) is 2. The summed E-state index contributed by atoms with van der Waals surface area (Å²) >= 11 is 0. The minimum absolute atomic E-state index is 0.0110. The van der Waals surface area contributed by atoms with Gasteiger partial charge in [0.1, 0.15) is 16.9 Å². The Morgan fingerprint density at radius 2 is 1.96 bits per heavy atom. The van der Waals surface area contributed by atoms with E-state index in [4.69, 9.17) is 13.9 Å². The van der Waals surface area contributed by atoms with Gasteiger partial charge in [-0.2, -0.15) is 13.2 Å². The largest absolute Gasteiger partial charge is 0.497 e. The first-order chi connectivity index (χ1) is 11.7. The summed E-state index contributed by atoms with van der Waals surface area (Å²) in [5.41, 5.74) is -4.90. The van der Waals surface area contributed by atoms with Gasteiger partial charge in [0, 0.05) is 17.0 Å². The first kappa shape index (κ1) is 16.9. The second-order valence-corrected chi connectivity index (χ2v) is 5.12. The van der Waals surface area contributed by atoms with Crippen LogP contribution in [0.5, 0.6) is 5.75 Å². The molecule has 0 spiro atoms. The van der Waals surface area contributed by atoms with Crippen molar-refractivity contribution in [2.24, 2.45) is 10.2 Å². The average Bonchev–Trinajstić information content (AvgIpc) is 3.34. The molecule has 1 aromatic carbocycles. The van der Waals surface area contributed by atoms with Gasteiger partial charge >= 0.3 is 23.4 Å². The molecule has 132 valence electrons. The zero-order chi connectivity index (χ0) is 18.4. The van der Waals surface area contributed by atoms with Crippen molar-refractivity contribution < 1.29 is 31.9 Å². The zero-order valence-corrected chi connectivity index (χ0v) is 13.0. The second-order valence-electron chi connectivity index (χ2n) is 5.12. The molecule has 2 aromatic rings. The van der Waals surface area contributed by atoms with Crippen LogP contribution in [0.4, 0.5) is 13.2 Å². The molecule has 2 heterocycles. The highest BCUT2D eigenvalue weighted by molar-refractivity contribution is 5.94. The molecule has 0 atom stereocenters. The first-order valence-electron chi connectivity index (χ1n) is 7.07. The van der Waals surface area contributed by atoms with Gasteiger partial charge in [-0.05, 0) is 19.1 Å². The monoisotopic (exact) mass is 356 g/mol. The van der Waals surface area contributed by atoms with Crippen molar-refractivity contribution in [3.8, 4) is 5.75 Å². The summed E-state index contributed by atoms with van der Waals surface area (Å²) in [6.45, 7) is 1.51. The maximum absolute atomic E-state index is 13.4. The highest BCUT2D eigenvalue weighted by Crippen LogP contribution is 2.54. The van der Waals surface area contributed by atoms with Gasteiger partial charge in [-0.15, -0.1) is 10.2 Å². The Morgan fingerprint density at radius 3 is 2.48 bits per heavy atom. The Morgan fingerprint density at radius 1 is 1.28 bits per heavy atom. The van der Waals surface area contributed by atoms with Gasteiger partial charge in [-0.25, -0.2) is 9.59 Å². The smallest absolute Gasteiger partial charge is 0.442 e. The number of methoxy groups -OCH3 is 1. The van der Waals surface area contributed by atoms with Gasteiger partial charge in [0.25, 0.3) is 0 Å².